The number of anilines is 1. The van der Waals surface area contributed by atoms with E-state index in [-0.39, 0.29) is 17.5 Å². The van der Waals surface area contributed by atoms with Gasteiger partial charge in [-0.1, -0.05) is 81.7 Å². The van der Waals surface area contributed by atoms with Gasteiger partial charge in [-0.3, -0.25) is 0 Å². The zero-order valence-electron chi connectivity index (χ0n) is 11.7. The first-order chi connectivity index (χ1) is 11.0. The summed E-state index contributed by atoms with van der Waals surface area (Å²) in [6, 6.07) is 5.32. The Balaban J connectivity index is 2.68. The van der Waals surface area contributed by atoms with Crippen molar-refractivity contribution in [1.82, 2.24) is 15.0 Å². The van der Waals surface area contributed by atoms with Gasteiger partial charge >= 0.3 is 0 Å². The second-order valence-corrected chi connectivity index (χ2v) is 9.56. The van der Waals surface area contributed by atoms with E-state index >= 15 is 0 Å². The molecule has 0 aliphatic carbocycles. The number of benzene rings is 1. The van der Waals surface area contributed by atoms with E-state index in [0.717, 1.165) is 5.56 Å². The van der Waals surface area contributed by atoms with Crippen LogP contribution in [0.2, 0.25) is 0 Å². The van der Waals surface area contributed by atoms with E-state index in [1.807, 2.05) is 6.07 Å². The second-order valence-electron chi connectivity index (χ2n) is 4.62. The maximum Gasteiger partial charge on any atom is 0.250 e. The molecule has 0 unspecified atom stereocenters. The summed E-state index contributed by atoms with van der Waals surface area (Å²) in [6.07, 6.45) is 0.570. The van der Waals surface area contributed by atoms with Crippen LogP contribution in [-0.2, 0) is 14.0 Å². The Morgan fingerprint density at radius 1 is 0.875 bits per heavy atom. The summed E-state index contributed by atoms with van der Waals surface area (Å²) < 4.78 is -3.85. The van der Waals surface area contributed by atoms with Gasteiger partial charge in [0.25, 0.3) is 0 Å². The normalized spacial score (nSPS) is 12.5. The Labute approximate surface area is 173 Å². The van der Waals surface area contributed by atoms with Crippen molar-refractivity contribution in [2.24, 2.45) is 0 Å². The van der Waals surface area contributed by atoms with Crippen LogP contribution in [0.1, 0.15) is 17.2 Å². The molecule has 1 aromatic carbocycles. The van der Waals surface area contributed by atoms with Crippen molar-refractivity contribution >= 4 is 86.9 Å². The molecule has 1 heterocycles. The Bertz CT molecular complexity index is 708. The molecule has 0 amide bonds. The van der Waals surface area contributed by atoms with Crippen LogP contribution in [0.15, 0.2) is 18.2 Å². The molecule has 0 saturated heterocycles. The fourth-order valence-electron chi connectivity index (χ4n) is 1.88. The SMILES string of the molecule is Nc1c(CCCl)cccc1-c1nc(C(Cl)(Cl)Cl)nc(C(Cl)(Cl)Cl)n1. The number of nitrogens with two attached hydrogens (primary N) is 1. The summed E-state index contributed by atoms with van der Waals surface area (Å²) in [4.78, 5) is 12.2. The highest BCUT2D eigenvalue weighted by atomic mass is 35.6. The molecule has 2 rings (SSSR count). The van der Waals surface area contributed by atoms with Crippen LogP contribution in [0.25, 0.3) is 11.4 Å². The monoisotopic (exact) mass is 466 g/mol. The predicted molar refractivity (Wildman–Crippen MR) is 103 cm³/mol. The van der Waals surface area contributed by atoms with Crippen molar-refractivity contribution < 1.29 is 0 Å². The molecule has 0 aliphatic heterocycles. The van der Waals surface area contributed by atoms with Gasteiger partial charge in [0.15, 0.2) is 17.5 Å². The number of halogens is 7. The average Bonchev–Trinajstić information content (AvgIpc) is 2.47. The second kappa shape index (κ2) is 7.75. The molecule has 0 spiro atoms. The first-order valence-electron chi connectivity index (χ1n) is 6.38. The molecular weight excluding hydrogens is 460 g/mol. The predicted octanol–water partition coefficient (Wildman–Crippen LogP) is 5.56. The zero-order valence-corrected chi connectivity index (χ0v) is 17.0. The smallest absolute Gasteiger partial charge is 0.250 e. The van der Waals surface area contributed by atoms with Crippen LogP contribution < -0.4 is 5.73 Å². The van der Waals surface area contributed by atoms with Crippen LogP contribution in [0.4, 0.5) is 5.69 Å². The van der Waals surface area contributed by atoms with Crippen LogP contribution in [0, 0.1) is 0 Å². The molecule has 0 bridgehead atoms. The first kappa shape index (κ1) is 20.4. The summed E-state index contributed by atoms with van der Waals surface area (Å²) in [5, 5.41) is 0. The van der Waals surface area contributed by atoms with Crippen molar-refractivity contribution in [2.75, 3.05) is 11.6 Å². The molecule has 2 N–H and O–H groups in total. The number of alkyl halides is 7. The number of para-hydroxylation sites is 1. The minimum atomic E-state index is -1.93. The van der Waals surface area contributed by atoms with Crippen molar-refractivity contribution in [2.45, 2.75) is 14.0 Å². The maximum atomic E-state index is 6.16. The van der Waals surface area contributed by atoms with Crippen LogP contribution in [-0.4, -0.2) is 20.8 Å². The van der Waals surface area contributed by atoms with Gasteiger partial charge in [0.05, 0.1) is 0 Å². The Hall–Kier alpha value is 0.0600. The quantitative estimate of drug-likeness (QED) is 0.473. The lowest BCUT2D eigenvalue weighted by Crippen LogP contribution is -2.17. The van der Waals surface area contributed by atoms with Gasteiger partial charge in [0, 0.05) is 17.1 Å². The molecule has 0 saturated carbocycles. The molecule has 4 nitrogen and oxygen atoms in total. The summed E-state index contributed by atoms with van der Waals surface area (Å²) >= 11 is 40.9. The number of aromatic nitrogens is 3. The molecule has 0 fully saturated rings. The van der Waals surface area contributed by atoms with Crippen molar-refractivity contribution in [1.29, 1.82) is 0 Å². The van der Waals surface area contributed by atoms with Crippen molar-refractivity contribution in [3.8, 4) is 11.4 Å². The highest BCUT2D eigenvalue weighted by molar-refractivity contribution is 6.67. The van der Waals surface area contributed by atoms with Gasteiger partial charge in [-0.05, 0) is 18.1 Å². The summed E-state index contributed by atoms with van der Waals surface area (Å²) in [7, 11) is 0. The van der Waals surface area contributed by atoms with E-state index in [0.29, 0.717) is 23.6 Å². The number of rotatable bonds is 3. The number of nitrogens with zero attached hydrogens (tertiary/aromatic N) is 3. The van der Waals surface area contributed by atoms with E-state index in [9.17, 15) is 0 Å². The third-order valence-corrected chi connectivity index (χ3v) is 4.15. The van der Waals surface area contributed by atoms with Crippen molar-refractivity contribution in [3.63, 3.8) is 0 Å². The van der Waals surface area contributed by atoms with Gasteiger partial charge in [-0.25, -0.2) is 15.0 Å². The zero-order chi connectivity index (χ0) is 18.1. The standard InChI is InChI=1S/C13H9Cl7N4/c14-5-4-6-2-1-3-7(8(6)21)9-22-10(12(15,16)17)24-11(23-9)13(18,19)20/h1-3H,4-5,21H2. The summed E-state index contributed by atoms with van der Waals surface area (Å²) in [5.41, 5.74) is 7.92. The Kier molecular flexibility index (Phi) is 6.58. The molecule has 0 aliphatic rings. The van der Waals surface area contributed by atoms with E-state index < -0.39 is 7.59 Å². The highest BCUT2D eigenvalue weighted by Gasteiger charge is 2.34. The number of hydrogen-bond donors (Lipinski definition) is 1. The van der Waals surface area contributed by atoms with E-state index in [2.05, 4.69) is 15.0 Å². The largest absolute Gasteiger partial charge is 0.398 e. The van der Waals surface area contributed by atoms with Crippen LogP contribution in [0.5, 0.6) is 0 Å². The summed E-state index contributed by atoms with van der Waals surface area (Å²) in [6.45, 7) is 0. The molecule has 2 aromatic rings. The number of aryl methyl sites for hydroxylation is 1. The number of hydrogen-bond acceptors (Lipinski definition) is 4. The lowest BCUT2D eigenvalue weighted by atomic mass is 10.0. The molecule has 130 valence electrons. The molecule has 24 heavy (non-hydrogen) atoms. The topological polar surface area (TPSA) is 64.7 Å². The Morgan fingerprint density at radius 3 is 1.88 bits per heavy atom. The van der Waals surface area contributed by atoms with E-state index in [1.54, 1.807) is 12.1 Å². The molecule has 11 heteroatoms. The third-order valence-electron chi connectivity index (χ3n) is 2.94. The third kappa shape index (κ3) is 4.82. The van der Waals surface area contributed by atoms with Crippen LogP contribution in [0.3, 0.4) is 0 Å². The lowest BCUT2D eigenvalue weighted by molar-refractivity contribution is 0.851. The van der Waals surface area contributed by atoms with E-state index in [1.165, 1.54) is 0 Å². The minimum absolute atomic E-state index is 0.126. The molecule has 1 aromatic heterocycles. The summed E-state index contributed by atoms with van der Waals surface area (Å²) in [5.74, 6) is 0.174. The lowest BCUT2D eigenvalue weighted by Gasteiger charge is -2.16. The fourth-order valence-corrected chi connectivity index (χ4v) is 2.59. The van der Waals surface area contributed by atoms with Crippen molar-refractivity contribution in [3.05, 3.63) is 35.4 Å². The van der Waals surface area contributed by atoms with Gasteiger partial charge < -0.3 is 5.73 Å². The van der Waals surface area contributed by atoms with Gasteiger partial charge in [-0.15, -0.1) is 11.6 Å². The first-order valence-corrected chi connectivity index (χ1v) is 9.18. The molecule has 0 atom stereocenters. The van der Waals surface area contributed by atoms with Crippen LogP contribution >= 0.6 is 81.2 Å². The number of nitrogen functional groups attached to an aromatic ring is 1. The van der Waals surface area contributed by atoms with Gasteiger partial charge in [0.1, 0.15) is 0 Å². The minimum Gasteiger partial charge on any atom is -0.398 e. The van der Waals surface area contributed by atoms with Gasteiger partial charge in [0.2, 0.25) is 7.59 Å². The Morgan fingerprint density at radius 2 is 1.42 bits per heavy atom. The average molecular weight is 469 g/mol. The molecular formula is C13H9Cl7N4. The maximum absolute atomic E-state index is 6.16. The molecule has 0 radical (unpaired) electrons. The van der Waals surface area contributed by atoms with Gasteiger partial charge in [-0.2, -0.15) is 0 Å². The highest BCUT2D eigenvalue weighted by Crippen LogP contribution is 2.41. The van der Waals surface area contributed by atoms with E-state index in [4.69, 9.17) is 86.9 Å². The fraction of sp³-hybridized carbons (Fsp3) is 0.308.